The Morgan fingerprint density at radius 3 is 2.62 bits per heavy atom. The van der Waals surface area contributed by atoms with Crippen molar-refractivity contribution >= 4 is 27.3 Å². The second kappa shape index (κ2) is 6.48. The average molecular weight is 349 g/mol. The van der Waals surface area contributed by atoms with E-state index in [0.717, 1.165) is 18.8 Å². The van der Waals surface area contributed by atoms with Crippen molar-refractivity contribution in [1.82, 2.24) is 0 Å². The number of anilines is 2. The lowest BCUT2D eigenvalue weighted by Gasteiger charge is -2.21. The van der Waals surface area contributed by atoms with Crippen LogP contribution in [0.4, 0.5) is 15.8 Å². The lowest BCUT2D eigenvalue weighted by molar-refractivity contribution is 0.621. The summed E-state index contributed by atoms with van der Waals surface area (Å²) in [6.07, 6.45) is 2.53. The summed E-state index contributed by atoms with van der Waals surface area (Å²) < 4.78 is 14.0. The zero-order valence-corrected chi connectivity index (χ0v) is 13.4. The van der Waals surface area contributed by atoms with Crippen LogP contribution < -0.4 is 10.2 Å². The van der Waals surface area contributed by atoms with Gasteiger partial charge < -0.3 is 10.2 Å². The maximum atomic E-state index is 13.5. The molecule has 2 aromatic rings. The fraction of sp³-hybridized carbons (Fsp3) is 0.294. The van der Waals surface area contributed by atoms with Crippen molar-refractivity contribution in [1.29, 1.82) is 0 Å². The molecule has 1 fully saturated rings. The molecule has 0 amide bonds. The number of para-hydroxylation sites is 1. The molecule has 2 aromatic carbocycles. The highest BCUT2D eigenvalue weighted by Gasteiger charge is 2.15. The highest BCUT2D eigenvalue weighted by Crippen LogP contribution is 2.26. The van der Waals surface area contributed by atoms with Crippen LogP contribution in [0.1, 0.15) is 18.4 Å². The van der Waals surface area contributed by atoms with Gasteiger partial charge in [0.1, 0.15) is 5.82 Å². The molecule has 1 aliphatic rings. The van der Waals surface area contributed by atoms with Gasteiger partial charge in [0.2, 0.25) is 0 Å². The molecule has 1 saturated heterocycles. The molecule has 1 heterocycles. The fourth-order valence-corrected chi connectivity index (χ4v) is 2.98. The maximum absolute atomic E-state index is 13.5. The summed E-state index contributed by atoms with van der Waals surface area (Å²) in [7, 11) is 0. The fourth-order valence-electron chi connectivity index (χ4n) is 2.73. The Hall–Kier alpha value is -1.55. The van der Waals surface area contributed by atoms with E-state index < -0.39 is 0 Å². The molecule has 110 valence electrons. The number of benzene rings is 2. The molecule has 21 heavy (non-hydrogen) atoms. The van der Waals surface area contributed by atoms with E-state index >= 15 is 0 Å². The topological polar surface area (TPSA) is 15.3 Å². The van der Waals surface area contributed by atoms with Gasteiger partial charge in [0.25, 0.3) is 0 Å². The predicted octanol–water partition coefficient (Wildman–Crippen LogP) is 4.80. The lowest BCUT2D eigenvalue weighted by Crippen LogP contribution is -2.19. The van der Waals surface area contributed by atoms with Gasteiger partial charge >= 0.3 is 0 Å². The SMILES string of the molecule is Fc1cc(NCc2ccccc2N2CCCC2)ccc1Br. The Morgan fingerprint density at radius 1 is 1.10 bits per heavy atom. The molecule has 0 aromatic heterocycles. The minimum absolute atomic E-state index is 0.243. The van der Waals surface area contributed by atoms with Gasteiger partial charge in [0.15, 0.2) is 0 Å². The number of hydrogen-bond acceptors (Lipinski definition) is 2. The summed E-state index contributed by atoms with van der Waals surface area (Å²) in [4.78, 5) is 2.43. The van der Waals surface area contributed by atoms with E-state index in [1.165, 1.54) is 30.2 Å². The molecule has 3 rings (SSSR count). The third-order valence-corrected chi connectivity index (χ3v) is 4.48. The van der Waals surface area contributed by atoms with E-state index in [9.17, 15) is 4.39 Å². The van der Waals surface area contributed by atoms with Gasteiger partial charge in [-0.3, -0.25) is 0 Å². The number of rotatable bonds is 4. The summed E-state index contributed by atoms with van der Waals surface area (Å²) in [5, 5.41) is 3.31. The number of halogens is 2. The quantitative estimate of drug-likeness (QED) is 0.853. The van der Waals surface area contributed by atoms with Crippen molar-refractivity contribution in [3.8, 4) is 0 Å². The molecule has 1 aliphatic heterocycles. The van der Waals surface area contributed by atoms with Gasteiger partial charge in [-0.2, -0.15) is 0 Å². The number of nitrogens with zero attached hydrogens (tertiary/aromatic N) is 1. The molecule has 0 radical (unpaired) electrons. The van der Waals surface area contributed by atoms with Crippen LogP contribution in [-0.4, -0.2) is 13.1 Å². The zero-order valence-electron chi connectivity index (χ0n) is 11.8. The zero-order chi connectivity index (χ0) is 14.7. The van der Waals surface area contributed by atoms with Crippen molar-refractivity contribution in [3.63, 3.8) is 0 Å². The monoisotopic (exact) mass is 348 g/mol. The Bertz CT molecular complexity index is 624. The van der Waals surface area contributed by atoms with Gasteiger partial charge in [-0.1, -0.05) is 18.2 Å². The Morgan fingerprint density at radius 2 is 1.86 bits per heavy atom. The Kier molecular flexibility index (Phi) is 4.44. The van der Waals surface area contributed by atoms with Crippen molar-refractivity contribution in [3.05, 3.63) is 58.3 Å². The third-order valence-electron chi connectivity index (χ3n) is 3.84. The van der Waals surface area contributed by atoms with E-state index in [-0.39, 0.29) is 5.82 Å². The van der Waals surface area contributed by atoms with Crippen molar-refractivity contribution in [2.24, 2.45) is 0 Å². The Balaban J connectivity index is 1.74. The van der Waals surface area contributed by atoms with Crippen molar-refractivity contribution in [2.45, 2.75) is 19.4 Å². The first-order chi connectivity index (χ1) is 10.2. The van der Waals surface area contributed by atoms with Crippen LogP contribution in [0.2, 0.25) is 0 Å². The minimum atomic E-state index is -0.243. The van der Waals surface area contributed by atoms with Gasteiger partial charge in [0.05, 0.1) is 4.47 Å². The lowest BCUT2D eigenvalue weighted by atomic mass is 10.1. The normalized spacial score (nSPS) is 14.5. The molecule has 4 heteroatoms. The largest absolute Gasteiger partial charge is 0.381 e. The summed E-state index contributed by atoms with van der Waals surface area (Å²) >= 11 is 3.17. The average Bonchev–Trinajstić information content (AvgIpc) is 3.03. The first-order valence-corrected chi connectivity index (χ1v) is 8.05. The third kappa shape index (κ3) is 3.38. The second-order valence-corrected chi connectivity index (χ2v) is 6.16. The summed E-state index contributed by atoms with van der Waals surface area (Å²) in [5.74, 6) is -0.243. The first kappa shape index (κ1) is 14.4. The second-order valence-electron chi connectivity index (χ2n) is 5.31. The van der Waals surface area contributed by atoms with Crippen molar-refractivity contribution < 1.29 is 4.39 Å². The van der Waals surface area contributed by atoms with Gasteiger partial charge in [-0.15, -0.1) is 0 Å². The molecule has 0 atom stereocenters. The van der Waals surface area contributed by atoms with Crippen LogP contribution in [0, 0.1) is 5.82 Å². The van der Waals surface area contributed by atoms with Gasteiger partial charge in [-0.25, -0.2) is 4.39 Å². The highest BCUT2D eigenvalue weighted by molar-refractivity contribution is 9.10. The molecule has 0 unspecified atom stereocenters. The number of hydrogen-bond donors (Lipinski definition) is 1. The van der Waals surface area contributed by atoms with Crippen LogP contribution in [0.25, 0.3) is 0 Å². The summed E-state index contributed by atoms with van der Waals surface area (Å²) in [5.41, 5.74) is 3.34. The standard InChI is InChI=1S/C17H18BrFN2/c18-15-8-7-14(11-16(15)19)20-12-13-5-1-2-6-17(13)21-9-3-4-10-21/h1-2,5-8,11,20H,3-4,9-10,12H2. The van der Waals surface area contributed by atoms with E-state index in [2.05, 4.69) is 50.4 Å². The molecule has 1 N–H and O–H groups in total. The minimum Gasteiger partial charge on any atom is -0.381 e. The molecular weight excluding hydrogens is 331 g/mol. The molecular formula is C17H18BrFN2. The molecule has 0 spiro atoms. The van der Waals surface area contributed by atoms with Crippen LogP contribution >= 0.6 is 15.9 Å². The predicted molar refractivity (Wildman–Crippen MR) is 89.3 cm³/mol. The van der Waals surface area contributed by atoms with Crippen LogP contribution in [-0.2, 0) is 6.54 Å². The molecule has 0 aliphatic carbocycles. The van der Waals surface area contributed by atoms with E-state index in [1.54, 1.807) is 6.07 Å². The molecule has 0 bridgehead atoms. The number of nitrogens with one attached hydrogen (secondary N) is 1. The Labute approximate surface area is 133 Å². The van der Waals surface area contributed by atoms with Crippen molar-refractivity contribution in [2.75, 3.05) is 23.3 Å². The molecule has 0 saturated carbocycles. The highest BCUT2D eigenvalue weighted by atomic mass is 79.9. The summed E-state index contributed by atoms with van der Waals surface area (Å²) in [6, 6.07) is 13.6. The first-order valence-electron chi connectivity index (χ1n) is 7.26. The maximum Gasteiger partial charge on any atom is 0.139 e. The summed E-state index contributed by atoms with van der Waals surface area (Å²) in [6.45, 7) is 2.96. The smallest absolute Gasteiger partial charge is 0.139 e. The van der Waals surface area contributed by atoms with Crippen LogP contribution in [0.15, 0.2) is 46.9 Å². The van der Waals surface area contributed by atoms with Crippen LogP contribution in [0.3, 0.4) is 0 Å². The molecule has 2 nitrogen and oxygen atoms in total. The van der Waals surface area contributed by atoms with E-state index in [1.807, 2.05) is 6.07 Å². The van der Waals surface area contributed by atoms with Crippen LogP contribution in [0.5, 0.6) is 0 Å². The van der Waals surface area contributed by atoms with Gasteiger partial charge in [0, 0.05) is 31.0 Å². The van der Waals surface area contributed by atoms with E-state index in [0.29, 0.717) is 11.0 Å². The van der Waals surface area contributed by atoms with Gasteiger partial charge in [-0.05, 0) is 58.6 Å². The van der Waals surface area contributed by atoms with E-state index in [4.69, 9.17) is 0 Å².